The molecule has 1 unspecified atom stereocenters. The molecule has 0 heterocycles. The fourth-order valence-electron chi connectivity index (χ4n) is 2.14. The fourth-order valence-corrected chi connectivity index (χ4v) is 2.14. The van der Waals surface area contributed by atoms with Gasteiger partial charge in [0.2, 0.25) is 0 Å². The Bertz CT molecular complexity index is 679. The minimum absolute atomic E-state index is 0.113. The average molecular weight is 412 g/mol. The number of benzene rings is 1. The maximum Gasteiger partial charge on any atom is 0.460 e. The van der Waals surface area contributed by atoms with Gasteiger partial charge in [0.05, 0.1) is 24.7 Å². The molecule has 0 aliphatic carbocycles. The summed E-state index contributed by atoms with van der Waals surface area (Å²) in [7, 11) is 1.02. The molecular formula is C15H13F9O3. The Kier molecular flexibility index (Phi) is 5.87. The Morgan fingerprint density at radius 1 is 0.926 bits per heavy atom. The molecule has 0 saturated heterocycles. The highest BCUT2D eigenvalue weighted by Crippen LogP contribution is 2.55. The molecule has 0 radical (unpaired) electrons. The van der Waals surface area contributed by atoms with Gasteiger partial charge in [0.1, 0.15) is 0 Å². The van der Waals surface area contributed by atoms with E-state index in [-0.39, 0.29) is 5.56 Å². The topological polar surface area (TPSA) is 46.5 Å². The van der Waals surface area contributed by atoms with Gasteiger partial charge in [-0.1, -0.05) is 12.1 Å². The molecule has 1 aromatic carbocycles. The summed E-state index contributed by atoms with van der Waals surface area (Å²) < 4.78 is 120. The van der Waals surface area contributed by atoms with Crippen molar-refractivity contribution in [3.8, 4) is 0 Å². The zero-order valence-electron chi connectivity index (χ0n) is 13.7. The number of ether oxygens (including phenoxy) is 1. The molecule has 0 spiro atoms. The van der Waals surface area contributed by atoms with Crippen LogP contribution in [-0.4, -0.2) is 42.1 Å². The summed E-state index contributed by atoms with van der Waals surface area (Å²) in [6.07, 6.45) is -9.38. The number of methoxy groups -OCH3 is 1. The largest absolute Gasteiger partial charge is 0.465 e. The number of hydrogen-bond donors (Lipinski definition) is 1. The average Bonchev–Trinajstić information content (AvgIpc) is 2.51. The van der Waals surface area contributed by atoms with E-state index in [2.05, 4.69) is 4.74 Å². The molecule has 3 nitrogen and oxygen atoms in total. The maximum absolute atomic E-state index is 13.7. The van der Waals surface area contributed by atoms with Crippen LogP contribution in [0.25, 0.3) is 0 Å². The summed E-state index contributed by atoms with van der Waals surface area (Å²) >= 11 is 0. The van der Waals surface area contributed by atoms with Crippen molar-refractivity contribution in [2.45, 2.75) is 42.9 Å². The second-order valence-electron chi connectivity index (χ2n) is 5.87. The van der Waals surface area contributed by atoms with Gasteiger partial charge in [0, 0.05) is 0 Å². The van der Waals surface area contributed by atoms with E-state index in [9.17, 15) is 49.4 Å². The summed E-state index contributed by atoms with van der Waals surface area (Å²) in [6.45, 7) is 0.524. The third-order valence-corrected chi connectivity index (χ3v) is 3.70. The molecule has 1 N–H and O–H groups in total. The van der Waals surface area contributed by atoms with Gasteiger partial charge < -0.3 is 9.84 Å². The van der Waals surface area contributed by atoms with Crippen LogP contribution < -0.4 is 0 Å². The molecule has 1 rings (SSSR count). The first kappa shape index (κ1) is 23.1. The first-order valence-electron chi connectivity index (χ1n) is 7.02. The van der Waals surface area contributed by atoms with Crippen LogP contribution in [0.1, 0.15) is 29.3 Å². The first-order valence-corrected chi connectivity index (χ1v) is 7.02. The van der Waals surface area contributed by atoms with Gasteiger partial charge in [-0.05, 0) is 24.6 Å². The molecule has 154 valence electrons. The van der Waals surface area contributed by atoms with E-state index in [1.54, 1.807) is 0 Å². The zero-order chi connectivity index (χ0) is 21.5. The number of carbonyl (C=O) groups is 1. The Morgan fingerprint density at radius 3 is 1.74 bits per heavy atom. The highest BCUT2D eigenvalue weighted by Gasteiger charge is 2.81. The Morgan fingerprint density at radius 2 is 1.37 bits per heavy atom. The van der Waals surface area contributed by atoms with Gasteiger partial charge in [-0.25, -0.2) is 4.79 Å². The number of hydrogen-bond acceptors (Lipinski definition) is 3. The van der Waals surface area contributed by atoms with Crippen molar-refractivity contribution in [2.24, 2.45) is 0 Å². The lowest BCUT2D eigenvalue weighted by Gasteiger charge is -2.37. The Labute approximate surface area is 146 Å². The SMILES string of the molecule is COC(=O)c1ccc(C(C)(O)CC(F)(F)C(F)(F)C(F)(F)C(F)(F)F)cc1. The Balaban J connectivity index is 3.21. The summed E-state index contributed by atoms with van der Waals surface area (Å²) in [6, 6.07) is 3.58. The lowest BCUT2D eigenvalue weighted by atomic mass is 9.86. The third-order valence-electron chi connectivity index (χ3n) is 3.70. The summed E-state index contributed by atoms with van der Waals surface area (Å²) in [5.41, 5.74) is -3.57. The third kappa shape index (κ3) is 4.14. The van der Waals surface area contributed by atoms with E-state index in [4.69, 9.17) is 0 Å². The molecule has 1 atom stereocenters. The van der Waals surface area contributed by atoms with Crippen LogP contribution in [0.5, 0.6) is 0 Å². The quantitative estimate of drug-likeness (QED) is 0.552. The molecule has 0 amide bonds. The smallest absolute Gasteiger partial charge is 0.460 e. The van der Waals surface area contributed by atoms with E-state index >= 15 is 0 Å². The maximum atomic E-state index is 13.7. The fraction of sp³-hybridized carbons (Fsp3) is 0.533. The van der Waals surface area contributed by atoms with Gasteiger partial charge in [-0.2, -0.15) is 39.5 Å². The number of esters is 1. The van der Waals surface area contributed by atoms with Gasteiger partial charge in [-0.15, -0.1) is 0 Å². The van der Waals surface area contributed by atoms with Crippen molar-refractivity contribution in [3.05, 3.63) is 35.4 Å². The second-order valence-corrected chi connectivity index (χ2v) is 5.87. The molecule has 0 aromatic heterocycles. The van der Waals surface area contributed by atoms with Gasteiger partial charge >= 0.3 is 29.9 Å². The van der Waals surface area contributed by atoms with Crippen molar-refractivity contribution in [1.29, 1.82) is 0 Å². The Hall–Kier alpha value is -1.98. The van der Waals surface area contributed by atoms with Crippen LogP contribution in [0.4, 0.5) is 39.5 Å². The summed E-state index contributed by atoms with van der Waals surface area (Å²) in [4.78, 5) is 11.2. The van der Waals surface area contributed by atoms with Gasteiger partial charge in [0.15, 0.2) is 0 Å². The van der Waals surface area contributed by atoms with Crippen molar-refractivity contribution >= 4 is 5.97 Å². The molecule has 0 fully saturated rings. The van der Waals surface area contributed by atoms with Crippen LogP contribution in [0, 0.1) is 0 Å². The van der Waals surface area contributed by atoms with Crippen molar-refractivity contribution in [1.82, 2.24) is 0 Å². The molecule has 1 aromatic rings. The summed E-state index contributed by atoms with van der Waals surface area (Å²) in [5.74, 6) is -20.7. The number of halogens is 9. The normalized spacial score (nSPS) is 16.0. The van der Waals surface area contributed by atoms with Crippen molar-refractivity contribution in [3.63, 3.8) is 0 Å². The number of alkyl halides is 9. The standard InChI is InChI=1S/C15H13F9O3/c1-11(26,9-5-3-8(4-6-9)10(25)27-2)7-12(16,17)13(18,19)14(20,21)15(22,23)24/h3-6,26H,7H2,1-2H3. The van der Waals surface area contributed by atoms with Crippen LogP contribution in [0.15, 0.2) is 24.3 Å². The van der Waals surface area contributed by atoms with Crippen molar-refractivity contribution in [2.75, 3.05) is 7.11 Å². The van der Waals surface area contributed by atoms with E-state index in [1.165, 1.54) is 0 Å². The highest BCUT2D eigenvalue weighted by molar-refractivity contribution is 5.89. The van der Waals surface area contributed by atoms with Crippen LogP contribution in [0.2, 0.25) is 0 Å². The highest BCUT2D eigenvalue weighted by atomic mass is 19.4. The molecule has 27 heavy (non-hydrogen) atoms. The number of aliphatic hydroxyl groups is 1. The second kappa shape index (κ2) is 6.88. The van der Waals surface area contributed by atoms with E-state index in [0.717, 1.165) is 31.4 Å². The zero-order valence-corrected chi connectivity index (χ0v) is 13.7. The van der Waals surface area contributed by atoms with E-state index in [1.807, 2.05) is 0 Å². The molecule has 0 aliphatic rings. The van der Waals surface area contributed by atoms with E-state index < -0.39 is 47.5 Å². The van der Waals surface area contributed by atoms with Crippen LogP contribution in [0.3, 0.4) is 0 Å². The minimum Gasteiger partial charge on any atom is -0.465 e. The molecule has 0 aliphatic heterocycles. The monoisotopic (exact) mass is 412 g/mol. The van der Waals surface area contributed by atoms with Gasteiger partial charge in [-0.3, -0.25) is 0 Å². The van der Waals surface area contributed by atoms with Crippen molar-refractivity contribution < 1.29 is 54.2 Å². The van der Waals surface area contributed by atoms with Crippen LogP contribution in [-0.2, 0) is 10.3 Å². The van der Waals surface area contributed by atoms with Gasteiger partial charge in [0.25, 0.3) is 0 Å². The molecule has 0 bridgehead atoms. The first-order chi connectivity index (χ1) is 11.9. The molecular weight excluding hydrogens is 399 g/mol. The predicted molar refractivity (Wildman–Crippen MR) is 72.9 cm³/mol. The molecule has 12 heteroatoms. The lowest BCUT2D eigenvalue weighted by molar-refractivity contribution is -0.400. The number of rotatable bonds is 6. The molecule has 0 saturated carbocycles. The predicted octanol–water partition coefficient (Wildman–Crippen LogP) is 4.54. The lowest BCUT2D eigenvalue weighted by Crippen LogP contribution is -2.62. The van der Waals surface area contributed by atoms with Crippen LogP contribution >= 0.6 is 0 Å². The van der Waals surface area contributed by atoms with E-state index in [0.29, 0.717) is 6.92 Å². The minimum atomic E-state index is -7.03. The summed E-state index contributed by atoms with van der Waals surface area (Å²) in [5, 5.41) is 9.98. The number of carbonyl (C=O) groups excluding carboxylic acids is 1.